The van der Waals surface area contributed by atoms with Gasteiger partial charge in [-0.05, 0) is 55.8 Å². The van der Waals surface area contributed by atoms with E-state index in [1.165, 1.54) is 52.0 Å². The molecule has 6 nitrogen and oxygen atoms in total. The standard InChI is InChI=1S/C21H24FN3O3S2/c1-4-6-13-24(3)30(27,28)17-10-7-15(8-11-17)20(26)23-21-25(5-2)18-12-9-16(22)14-19(18)29-21/h7-12,14H,4-6,13H2,1-3H3. The molecule has 0 fully saturated rings. The van der Waals surface area contributed by atoms with E-state index in [9.17, 15) is 17.6 Å². The third-order valence-electron chi connectivity index (χ3n) is 4.79. The van der Waals surface area contributed by atoms with E-state index in [0.717, 1.165) is 18.4 Å². The van der Waals surface area contributed by atoms with Crippen molar-refractivity contribution in [1.29, 1.82) is 0 Å². The molecule has 30 heavy (non-hydrogen) atoms. The summed E-state index contributed by atoms with van der Waals surface area (Å²) in [7, 11) is -2.04. The van der Waals surface area contributed by atoms with E-state index >= 15 is 0 Å². The summed E-state index contributed by atoms with van der Waals surface area (Å²) in [5, 5.41) is 0. The van der Waals surface area contributed by atoms with Crippen molar-refractivity contribution in [3.63, 3.8) is 0 Å². The quantitative estimate of drug-likeness (QED) is 0.547. The molecule has 3 aromatic rings. The number of unbranched alkanes of at least 4 members (excludes halogenated alkanes) is 1. The fraction of sp³-hybridized carbons (Fsp3) is 0.333. The molecule has 0 N–H and O–H groups in total. The van der Waals surface area contributed by atoms with E-state index in [4.69, 9.17) is 0 Å². The van der Waals surface area contributed by atoms with Crippen LogP contribution in [0.25, 0.3) is 10.2 Å². The fourth-order valence-corrected chi connectivity index (χ4v) is 5.37. The molecular formula is C21H24FN3O3S2. The summed E-state index contributed by atoms with van der Waals surface area (Å²) in [5.41, 5.74) is 1.10. The molecule has 0 aliphatic rings. The highest BCUT2D eigenvalue weighted by atomic mass is 32.2. The lowest BCUT2D eigenvalue weighted by molar-refractivity contribution is 0.0997. The molecule has 1 aromatic heterocycles. The maximum Gasteiger partial charge on any atom is 0.279 e. The third kappa shape index (κ3) is 4.53. The van der Waals surface area contributed by atoms with Crippen LogP contribution in [0.3, 0.4) is 0 Å². The predicted octanol–water partition coefficient (Wildman–Crippen LogP) is 4.02. The van der Waals surface area contributed by atoms with Crippen molar-refractivity contribution in [2.24, 2.45) is 4.99 Å². The maximum absolute atomic E-state index is 13.5. The molecule has 160 valence electrons. The number of rotatable bonds is 7. The van der Waals surface area contributed by atoms with Crippen molar-refractivity contribution < 1.29 is 17.6 Å². The van der Waals surface area contributed by atoms with Gasteiger partial charge in [-0.2, -0.15) is 4.99 Å². The molecule has 1 amide bonds. The zero-order valence-corrected chi connectivity index (χ0v) is 18.8. The lowest BCUT2D eigenvalue weighted by Gasteiger charge is -2.16. The van der Waals surface area contributed by atoms with Gasteiger partial charge in [0, 0.05) is 25.7 Å². The van der Waals surface area contributed by atoms with Crippen LogP contribution >= 0.6 is 11.3 Å². The SMILES string of the molecule is CCCCN(C)S(=O)(=O)c1ccc(C(=O)N=c2sc3cc(F)ccc3n2CC)cc1. The molecule has 0 spiro atoms. The van der Waals surface area contributed by atoms with Gasteiger partial charge < -0.3 is 4.57 Å². The first-order valence-electron chi connectivity index (χ1n) is 9.72. The first-order valence-corrected chi connectivity index (χ1v) is 12.0. The second kappa shape index (κ2) is 9.20. The van der Waals surface area contributed by atoms with Gasteiger partial charge in [0.1, 0.15) is 5.82 Å². The van der Waals surface area contributed by atoms with Crippen LogP contribution in [0.4, 0.5) is 4.39 Å². The highest BCUT2D eigenvalue weighted by Gasteiger charge is 2.20. The minimum Gasteiger partial charge on any atom is -0.317 e. The molecule has 0 unspecified atom stereocenters. The van der Waals surface area contributed by atoms with Crippen molar-refractivity contribution in [3.8, 4) is 0 Å². The molecule has 0 aliphatic heterocycles. The molecule has 3 rings (SSSR count). The van der Waals surface area contributed by atoms with Crippen molar-refractivity contribution in [2.45, 2.75) is 38.1 Å². The molecule has 0 radical (unpaired) electrons. The molecule has 0 saturated carbocycles. The lowest BCUT2D eigenvalue weighted by Crippen LogP contribution is -2.27. The minimum absolute atomic E-state index is 0.138. The van der Waals surface area contributed by atoms with Gasteiger partial charge in [-0.1, -0.05) is 24.7 Å². The zero-order chi connectivity index (χ0) is 21.9. The van der Waals surface area contributed by atoms with Crippen LogP contribution in [0.2, 0.25) is 0 Å². The Kier molecular flexibility index (Phi) is 6.84. The van der Waals surface area contributed by atoms with Gasteiger partial charge in [0.15, 0.2) is 4.80 Å². The average molecular weight is 450 g/mol. The second-order valence-corrected chi connectivity index (χ2v) is 9.92. The normalized spacial score (nSPS) is 12.8. The van der Waals surface area contributed by atoms with Gasteiger partial charge in [-0.15, -0.1) is 0 Å². The Morgan fingerprint density at radius 2 is 1.87 bits per heavy atom. The number of aromatic nitrogens is 1. The fourth-order valence-electron chi connectivity index (χ4n) is 3.04. The molecule has 0 saturated heterocycles. The van der Waals surface area contributed by atoms with Crippen LogP contribution in [0.5, 0.6) is 0 Å². The van der Waals surface area contributed by atoms with Gasteiger partial charge in [0.05, 0.1) is 15.1 Å². The van der Waals surface area contributed by atoms with Gasteiger partial charge in [-0.25, -0.2) is 17.1 Å². The summed E-state index contributed by atoms with van der Waals surface area (Å²) in [6.45, 7) is 4.95. The Morgan fingerprint density at radius 1 is 1.17 bits per heavy atom. The number of benzene rings is 2. The van der Waals surface area contributed by atoms with E-state index in [1.807, 2.05) is 18.4 Å². The Morgan fingerprint density at radius 3 is 2.50 bits per heavy atom. The molecule has 1 heterocycles. The van der Waals surface area contributed by atoms with Crippen LogP contribution in [0.1, 0.15) is 37.0 Å². The van der Waals surface area contributed by atoms with Crippen molar-refractivity contribution in [2.75, 3.05) is 13.6 Å². The molecule has 0 atom stereocenters. The molecule has 0 bridgehead atoms. The number of hydrogen-bond donors (Lipinski definition) is 0. The summed E-state index contributed by atoms with van der Waals surface area (Å²) in [5.74, 6) is -0.821. The summed E-state index contributed by atoms with van der Waals surface area (Å²) >= 11 is 1.24. The minimum atomic E-state index is -3.59. The maximum atomic E-state index is 13.5. The average Bonchev–Trinajstić information content (AvgIpc) is 3.07. The number of sulfonamides is 1. The monoisotopic (exact) mass is 449 g/mol. The number of fused-ring (bicyclic) bond motifs is 1. The second-order valence-electron chi connectivity index (χ2n) is 6.86. The van der Waals surface area contributed by atoms with Crippen LogP contribution in [-0.2, 0) is 16.6 Å². The molecule has 2 aromatic carbocycles. The van der Waals surface area contributed by atoms with Crippen LogP contribution in [0.15, 0.2) is 52.4 Å². The van der Waals surface area contributed by atoms with E-state index in [1.54, 1.807) is 13.1 Å². The first kappa shape index (κ1) is 22.3. The number of amides is 1. The first-order chi connectivity index (χ1) is 14.3. The van der Waals surface area contributed by atoms with E-state index in [0.29, 0.717) is 22.6 Å². The molecular weight excluding hydrogens is 425 g/mol. The lowest BCUT2D eigenvalue weighted by atomic mass is 10.2. The highest BCUT2D eigenvalue weighted by molar-refractivity contribution is 7.89. The van der Waals surface area contributed by atoms with Gasteiger partial charge >= 0.3 is 0 Å². The van der Waals surface area contributed by atoms with Crippen molar-refractivity contribution in [3.05, 3.63) is 58.6 Å². The van der Waals surface area contributed by atoms with Crippen LogP contribution in [0, 0.1) is 5.82 Å². The third-order valence-corrected chi connectivity index (χ3v) is 7.71. The topological polar surface area (TPSA) is 71.7 Å². The number of nitrogens with zero attached hydrogens (tertiary/aromatic N) is 3. The summed E-state index contributed by atoms with van der Waals surface area (Å²) in [6.07, 6.45) is 1.68. The smallest absolute Gasteiger partial charge is 0.279 e. The van der Waals surface area contributed by atoms with Crippen molar-refractivity contribution >= 4 is 37.5 Å². The largest absolute Gasteiger partial charge is 0.317 e. The molecule has 0 aliphatic carbocycles. The van der Waals surface area contributed by atoms with Crippen LogP contribution in [-0.4, -0.2) is 36.8 Å². The summed E-state index contributed by atoms with van der Waals surface area (Å²) in [6, 6.07) is 10.3. The van der Waals surface area contributed by atoms with Gasteiger partial charge in [0.25, 0.3) is 5.91 Å². The van der Waals surface area contributed by atoms with E-state index in [-0.39, 0.29) is 16.3 Å². The Labute approximate surface area is 179 Å². The van der Waals surface area contributed by atoms with Gasteiger partial charge in [0.2, 0.25) is 10.0 Å². The number of hydrogen-bond acceptors (Lipinski definition) is 4. The van der Waals surface area contributed by atoms with Crippen LogP contribution < -0.4 is 4.80 Å². The molecule has 9 heteroatoms. The van der Waals surface area contributed by atoms with E-state index < -0.39 is 15.9 Å². The highest BCUT2D eigenvalue weighted by Crippen LogP contribution is 2.19. The predicted molar refractivity (Wildman–Crippen MR) is 117 cm³/mol. The summed E-state index contributed by atoms with van der Waals surface area (Å²) in [4.78, 5) is 17.5. The summed E-state index contributed by atoms with van der Waals surface area (Å²) < 4.78 is 42.6. The Hall–Kier alpha value is -2.36. The number of thiazole rings is 1. The van der Waals surface area contributed by atoms with E-state index in [2.05, 4.69) is 4.99 Å². The number of halogens is 1. The number of aryl methyl sites for hydroxylation is 1. The Balaban J connectivity index is 1.91. The number of carbonyl (C=O) groups excluding carboxylic acids is 1. The zero-order valence-electron chi connectivity index (χ0n) is 17.1. The Bertz CT molecular complexity index is 1230. The number of carbonyl (C=O) groups is 1. The van der Waals surface area contributed by atoms with Gasteiger partial charge in [-0.3, -0.25) is 4.79 Å². The van der Waals surface area contributed by atoms with Crippen molar-refractivity contribution in [1.82, 2.24) is 8.87 Å².